The van der Waals surface area contributed by atoms with Crippen LogP contribution in [0.3, 0.4) is 0 Å². The number of aromatic nitrogens is 2. The molecule has 1 saturated carbocycles. The van der Waals surface area contributed by atoms with E-state index in [-0.39, 0.29) is 17.9 Å². The average molecular weight is 307 g/mol. The van der Waals surface area contributed by atoms with Gasteiger partial charge in [-0.3, -0.25) is 4.79 Å². The van der Waals surface area contributed by atoms with E-state index in [4.69, 9.17) is 0 Å². The number of amides is 1. The Hall–Kier alpha value is -2.23. The van der Waals surface area contributed by atoms with Crippen LogP contribution in [-0.4, -0.2) is 15.9 Å². The number of nitrogens with one attached hydrogen (secondary N) is 1. The van der Waals surface area contributed by atoms with Crippen molar-refractivity contribution >= 4 is 5.91 Å². The van der Waals surface area contributed by atoms with Crippen LogP contribution >= 0.6 is 0 Å². The highest BCUT2D eigenvalue weighted by molar-refractivity contribution is 5.83. The molecule has 0 bridgehead atoms. The Kier molecular flexibility index (Phi) is 3.60. The van der Waals surface area contributed by atoms with Gasteiger partial charge in [0.05, 0.1) is 6.04 Å². The summed E-state index contributed by atoms with van der Waals surface area (Å²) in [6, 6.07) is 10.4. The predicted octanol–water partition coefficient (Wildman–Crippen LogP) is 3.08. The molecular formula is C19H21N3O. The molecule has 4 rings (SSSR count). The zero-order valence-corrected chi connectivity index (χ0v) is 13.3. The lowest BCUT2D eigenvalue weighted by Gasteiger charge is -2.25. The molecule has 2 aliphatic rings. The molecule has 0 spiro atoms. The van der Waals surface area contributed by atoms with Gasteiger partial charge in [0, 0.05) is 23.4 Å². The Morgan fingerprint density at radius 1 is 1.26 bits per heavy atom. The van der Waals surface area contributed by atoms with Crippen molar-refractivity contribution in [1.29, 1.82) is 0 Å². The maximum Gasteiger partial charge on any atom is 0.224 e. The first kappa shape index (κ1) is 14.4. The molecule has 1 fully saturated rings. The molecule has 23 heavy (non-hydrogen) atoms. The van der Waals surface area contributed by atoms with Gasteiger partial charge in [0.1, 0.15) is 5.82 Å². The summed E-state index contributed by atoms with van der Waals surface area (Å²) in [5.74, 6) is 1.49. The van der Waals surface area contributed by atoms with Crippen LogP contribution in [0.2, 0.25) is 0 Å². The van der Waals surface area contributed by atoms with Crippen LogP contribution in [0.5, 0.6) is 0 Å². The molecule has 4 heteroatoms. The minimum atomic E-state index is 0.0730. The molecule has 1 N–H and O–H groups in total. The van der Waals surface area contributed by atoms with Crippen molar-refractivity contribution in [1.82, 2.24) is 15.3 Å². The van der Waals surface area contributed by atoms with Gasteiger partial charge < -0.3 is 5.32 Å². The standard InChI is InChI=1S/C19H21N3O/c1-12-20-11-16-17(21-12)8-5-9-18(16)22-19(23)15-10-14(15)13-6-3-2-4-7-13/h2-4,6-7,11,14-15,18H,5,8-10H2,1H3,(H,22,23). The lowest BCUT2D eigenvalue weighted by Crippen LogP contribution is -2.32. The summed E-state index contributed by atoms with van der Waals surface area (Å²) in [4.78, 5) is 21.4. The lowest BCUT2D eigenvalue weighted by molar-refractivity contribution is -0.123. The van der Waals surface area contributed by atoms with E-state index in [1.165, 1.54) is 5.56 Å². The quantitative estimate of drug-likeness (QED) is 0.948. The smallest absolute Gasteiger partial charge is 0.224 e. The SMILES string of the molecule is Cc1ncc2c(n1)CCCC2NC(=O)C1CC1c1ccccc1. The van der Waals surface area contributed by atoms with Crippen molar-refractivity contribution in [3.05, 3.63) is 59.2 Å². The monoisotopic (exact) mass is 307 g/mol. The molecule has 3 unspecified atom stereocenters. The third-order valence-corrected chi connectivity index (χ3v) is 4.97. The van der Waals surface area contributed by atoms with Gasteiger partial charge in [-0.25, -0.2) is 9.97 Å². The fourth-order valence-electron chi connectivity index (χ4n) is 3.63. The van der Waals surface area contributed by atoms with Gasteiger partial charge in [0.25, 0.3) is 0 Å². The molecule has 118 valence electrons. The topological polar surface area (TPSA) is 54.9 Å². The Bertz CT molecular complexity index is 729. The largest absolute Gasteiger partial charge is 0.349 e. The number of hydrogen-bond acceptors (Lipinski definition) is 3. The summed E-state index contributed by atoms with van der Waals surface area (Å²) in [5, 5.41) is 3.24. The van der Waals surface area contributed by atoms with Crippen LogP contribution < -0.4 is 5.32 Å². The summed E-state index contributed by atoms with van der Waals surface area (Å²) in [6.07, 6.45) is 5.89. The molecule has 2 aliphatic carbocycles. The van der Waals surface area contributed by atoms with Crippen LogP contribution in [0.25, 0.3) is 0 Å². The summed E-state index contributed by atoms with van der Waals surface area (Å²) in [5.41, 5.74) is 3.48. The van der Waals surface area contributed by atoms with E-state index in [1.54, 1.807) is 0 Å². The highest BCUT2D eigenvalue weighted by Gasteiger charge is 2.44. The molecule has 3 atom stereocenters. The molecule has 0 aliphatic heterocycles. The number of benzene rings is 1. The predicted molar refractivity (Wildman–Crippen MR) is 87.9 cm³/mol. The third-order valence-electron chi connectivity index (χ3n) is 4.97. The number of nitrogens with zero attached hydrogens (tertiary/aromatic N) is 2. The van der Waals surface area contributed by atoms with Gasteiger partial charge in [-0.1, -0.05) is 30.3 Å². The first-order chi connectivity index (χ1) is 11.2. The average Bonchev–Trinajstić information content (AvgIpc) is 3.36. The fourth-order valence-corrected chi connectivity index (χ4v) is 3.63. The second-order valence-corrected chi connectivity index (χ2v) is 6.63. The Labute approximate surface area is 136 Å². The molecule has 1 amide bonds. The van der Waals surface area contributed by atoms with E-state index in [9.17, 15) is 4.79 Å². The molecule has 4 nitrogen and oxygen atoms in total. The lowest BCUT2D eigenvalue weighted by atomic mass is 9.92. The first-order valence-electron chi connectivity index (χ1n) is 8.40. The summed E-state index contributed by atoms with van der Waals surface area (Å²) in [6.45, 7) is 1.91. The van der Waals surface area contributed by atoms with E-state index in [0.29, 0.717) is 5.92 Å². The van der Waals surface area contributed by atoms with Crippen molar-refractivity contribution in [3.8, 4) is 0 Å². The van der Waals surface area contributed by atoms with E-state index >= 15 is 0 Å². The minimum absolute atomic E-state index is 0.0730. The van der Waals surface area contributed by atoms with Gasteiger partial charge >= 0.3 is 0 Å². The number of fused-ring (bicyclic) bond motifs is 1. The number of aryl methyl sites for hydroxylation is 2. The molecule has 1 heterocycles. The van der Waals surface area contributed by atoms with Gasteiger partial charge in [0.15, 0.2) is 0 Å². The summed E-state index contributed by atoms with van der Waals surface area (Å²) in [7, 11) is 0. The number of hydrogen-bond donors (Lipinski definition) is 1. The summed E-state index contributed by atoms with van der Waals surface area (Å²) >= 11 is 0. The van der Waals surface area contributed by atoms with E-state index in [2.05, 4.69) is 27.4 Å². The van der Waals surface area contributed by atoms with Crippen molar-refractivity contribution in [3.63, 3.8) is 0 Å². The zero-order chi connectivity index (χ0) is 15.8. The van der Waals surface area contributed by atoms with Crippen molar-refractivity contribution in [2.45, 2.75) is 44.6 Å². The number of carbonyl (C=O) groups is 1. The van der Waals surface area contributed by atoms with Crippen molar-refractivity contribution in [2.24, 2.45) is 5.92 Å². The second kappa shape index (κ2) is 5.76. The molecule has 0 radical (unpaired) electrons. The van der Waals surface area contributed by atoms with E-state index in [0.717, 1.165) is 42.8 Å². The minimum Gasteiger partial charge on any atom is -0.349 e. The molecule has 2 aromatic rings. The third kappa shape index (κ3) is 2.85. The van der Waals surface area contributed by atoms with Crippen molar-refractivity contribution < 1.29 is 4.79 Å². The Balaban J connectivity index is 1.45. The van der Waals surface area contributed by atoms with Gasteiger partial charge in [-0.2, -0.15) is 0 Å². The Morgan fingerprint density at radius 3 is 2.91 bits per heavy atom. The highest BCUT2D eigenvalue weighted by atomic mass is 16.2. The van der Waals surface area contributed by atoms with Crippen LogP contribution in [0, 0.1) is 12.8 Å². The first-order valence-corrected chi connectivity index (χ1v) is 8.40. The fraction of sp³-hybridized carbons (Fsp3) is 0.421. The molecule has 1 aromatic heterocycles. The van der Waals surface area contributed by atoms with Gasteiger partial charge in [0.2, 0.25) is 5.91 Å². The second-order valence-electron chi connectivity index (χ2n) is 6.63. The highest BCUT2D eigenvalue weighted by Crippen LogP contribution is 2.47. The normalized spacial score (nSPS) is 25.5. The maximum absolute atomic E-state index is 12.6. The van der Waals surface area contributed by atoms with E-state index in [1.807, 2.05) is 31.3 Å². The van der Waals surface area contributed by atoms with Crippen LogP contribution in [-0.2, 0) is 11.2 Å². The van der Waals surface area contributed by atoms with Crippen LogP contribution in [0.4, 0.5) is 0 Å². The van der Waals surface area contributed by atoms with Gasteiger partial charge in [-0.05, 0) is 44.1 Å². The number of carbonyl (C=O) groups excluding carboxylic acids is 1. The Morgan fingerprint density at radius 2 is 2.09 bits per heavy atom. The molecule has 0 saturated heterocycles. The van der Waals surface area contributed by atoms with Crippen LogP contribution in [0.1, 0.15) is 53.9 Å². The molecule has 1 aromatic carbocycles. The maximum atomic E-state index is 12.6. The zero-order valence-electron chi connectivity index (χ0n) is 13.3. The van der Waals surface area contributed by atoms with Crippen LogP contribution in [0.15, 0.2) is 36.5 Å². The van der Waals surface area contributed by atoms with E-state index < -0.39 is 0 Å². The number of rotatable bonds is 3. The summed E-state index contributed by atoms with van der Waals surface area (Å²) < 4.78 is 0. The van der Waals surface area contributed by atoms with Crippen molar-refractivity contribution in [2.75, 3.05) is 0 Å². The molecular weight excluding hydrogens is 286 g/mol. The van der Waals surface area contributed by atoms with Gasteiger partial charge in [-0.15, -0.1) is 0 Å².